The zero-order valence-corrected chi connectivity index (χ0v) is 21.5. The van der Waals surface area contributed by atoms with Gasteiger partial charge in [0.2, 0.25) is 10.2 Å². The predicted molar refractivity (Wildman–Crippen MR) is 142 cm³/mol. The summed E-state index contributed by atoms with van der Waals surface area (Å²) < 4.78 is 0. The summed E-state index contributed by atoms with van der Waals surface area (Å²) in [7, 11) is 0. The Morgan fingerprint density at radius 2 is 0.969 bits per heavy atom. The van der Waals surface area contributed by atoms with Gasteiger partial charge < -0.3 is 0 Å². The molecule has 2 aromatic rings. The van der Waals surface area contributed by atoms with Gasteiger partial charge >= 0.3 is 0 Å². The Morgan fingerprint density at radius 3 is 1.28 bits per heavy atom. The molecule has 2 aromatic carbocycles. The van der Waals surface area contributed by atoms with Gasteiger partial charge in [0.25, 0.3) is 0 Å². The van der Waals surface area contributed by atoms with E-state index in [1.807, 2.05) is 48.5 Å². The van der Waals surface area contributed by atoms with Gasteiger partial charge in [0.1, 0.15) is 0 Å². The van der Waals surface area contributed by atoms with Crippen LogP contribution in [0.5, 0.6) is 0 Å². The van der Waals surface area contributed by atoms with E-state index < -0.39 is 0 Å². The van der Waals surface area contributed by atoms with Crippen molar-refractivity contribution in [2.24, 2.45) is 0 Å². The van der Waals surface area contributed by atoms with Gasteiger partial charge in [0.05, 0.1) is 0 Å². The summed E-state index contributed by atoms with van der Waals surface area (Å²) in [5, 5.41) is 0.0699. The first-order valence-electron chi connectivity index (χ1n) is 9.93. The lowest BCUT2D eigenvalue weighted by atomic mass is 10.0. The lowest BCUT2D eigenvalue weighted by Crippen LogP contribution is -2.01. The van der Waals surface area contributed by atoms with Crippen molar-refractivity contribution in [1.29, 1.82) is 0 Å². The molecule has 0 aliphatic rings. The summed E-state index contributed by atoms with van der Waals surface area (Å²) >= 11 is 5.89. The van der Waals surface area contributed by atoms with Crippen molar-refractivity contribution in [2.45, 2.75) is 23.6 Å². The molecule has 0 radical (unpaired) electrons. The Bertz CT molecular complexity index is 900. The number of hydrogen-bond acceptors (Lipinski definition) is 7. The van der Waals surface area contributed by atoms with E-state index in [0.29, 0.717) is 22.3 Å². The van der Waals surface area contributed by atoms with E-state index in [2.05, 4.69) is 13.2 Å². The van der Waals surface area contributed by atoms with Crippen molar-refractivity contribution in [2.75, 3.05) is 23.0 Å². The molecule has 168 valence electrons. The number of ketones is 1. The second kappa shape index (κ2) is 13.8. The Hall–Kier alpha value is -1.67. The molecule has 0 saturated heterocycles. The molecule has 0 bridgehead atoms. The summed E-state index contributed by atoms with van der Waals surface area (Å²) in [6.07, 6.45) is 0. The molecular weight excluding hydrogens is 477 g/mol. The minimum absolute atomic E-state index is 0.0108. The first-order valence-corrected chi connectivity index (χ1v) is 13.9. The van der Waals surface area contributed by atoms with Gasteiger partial charge in [-0.25, -0.2) is 0 Å². The maximum Gasteiger partial charge on any atom is 0.214 e. The fraction of sp³-hybridized carbons (Fsp3) is 0.240. The van der Waals surface area contributed by atoms with E-state index in [-0.39, 0.29) is 16.0 Å². The second-order valence-electron chi connectivity index (χ2n) is 6.91. The largest absolute Gasteiger partial charge is 0.289 e. The summed E-state index contributed by atoms with van der Waals surface area (Å²) in [5.41, 5.74) is 2.44. The van der Waals surface area contributed by atoms with Gasteiger partial charge in [-0.05, 0) is 73.5 Å². The van der Waals surface area contributed by atoms with Crippen LogP contribution in [-0.2, 0) is 9.59 Å². The molecular formula is C25H26O3S4. The Kier molecular flexibility index (Phi) is 11.4. The predicted octanol–water partition coefficient (Wildman–Crippen LogP) is 6.77. The van der Waals surface area contributed by atoms with Gasteiger partial charge in [-0.15, -0.1) is 23.5 Å². The highest BCUT2D eigenvalue weighted by Gasteiger charge is 2.10. The van der Waals surface area contributed by atoms with Gasteiger partial charge in [-0.2, -0.15) is 0 Å². The highest BCUT2D eigenvalue weighted by Crippen LogP contribution is 2.24. The number of carbonyl (C=O) groups is 3. The van der Waals surface area contributed by atoms with Crippen LogP contribution in [0.25, 0.3) is 0 Å². The molecule has 0 aromatic heterocycles. The number of hydrogen-bond donors (Lipinski definition) is 0. The number of thioether (sulfide) groups is 4. The molecule has 0 aliphatic heterocycles. The second-order valence-corrected chi connectivity index (χ2v) is 11.4. The first-order chi connectivity index (χ1) is 15.3. The van der Waals surface area contributed by atoms with Crippen molar-refractivity contribution >= 4 is 63.1 Å². The Balaban J connectivity index is 1.81. The molecule has 0 amide bonds. The quantitative estimate of drug-likeness (QED) is 0.137. The topological polar surface area (TPSA) is 51.2 Å². The third-order valence-corrected chi connectivity index (χ3v) is 8.68. The van der Waals surface area contributed by atoms with Gasteiger partial charge in [-0.1, -0.05) is 36.7 Å². The minimum atomic E-state index is -0.0108. The first kappa shape index (κ1) is 26.6. The maximum absolute atomic E-state index is 12.8. The molecule has 3 nitrogen and oxygen atoms in total. The smallest absolute Gasteiger partial charge is 0.214 e. The lowest BCUT2D eigenvalue weighted by Gasteiger charge is -2.06. The molecule has 0 spiro atoms. The highest BCUT2D eigenvalue weighted by molar-refractivity contribution is 8.15. The third-order valence-electron chi connectivity index (χ3n) is 4.10. The number of benzene rings is 2. The van der Waals surface area contributed by atoms with Crippen LogP contribution in [0.1, 0.15) is 29.8 Å². The monoisotopic (exact) mass is 502 g/mol. The molecule has 32 heavy (non-hydrogen) atoms. The van der Waals surface area contributed by atoms with E-state index in [1.165, 1.54) is 23.5 Å². The standard InChI is InChI=1S/C25H26O3S4/c1-17(2)24(27)31-15-13-29-21-9-5-19(6-10-21)23(26)20-7-11-22(12-8-20)30-14-16-32-25(28)18(3)4/h5-12H,1,3,13-16H2,2,4H3. The Morgan fingerprint density at radius 1 is 0.625 bits per heavy atom. The zero-order valence-electron chi connectivity index (χ0n) is 18.2. The molecule has 0 aliphatic carbocycles. The normalized spacial score (nSPS) is 10.6. The summed E-state index contributed by atoms with van der Waals surface area (Å²) in [6.45, 7) is 10.7. The minimum Gasteiger partial charge on any atom is -0.289 e. The van der Waals surface area contributed by atoms with Crippen LogP contribution in [0, 0.1) is 0 Å². The number of rotatable bonds is 12. The fourth-order valence-corrected chi connectivity index (χ4v) is 5.73. The maximum atomic E-state index is 12.8. The summed E-state index contributed by atoms with van der Waals surface area (Å²) in [5.74, 6) is 3.07. The van der Waals surface area contributed by atoms with E-state index in [0.717, 1.165) is 32.8 Å². The molecule has 0 N–H and O–H groups in total. The highest BCUT2D eigenvalue weighted by atomic mass is 32.2. The SMILES string of the molecule is C=C(C)C(=O)SCCSc1ccc(C(=O)c2ccc(SCCSC(=O)C(=C)C)cc2)cc1. The molecule has 0 saturated carbocycles. The van der Waals surface area contributed by atoms with Crippen LogP contribution in [0.15, 0.2) is 82.6 Å². The van der Waals surface area contributed by atoms with E-state index >= 15 is 0 Å². The average molecular weight is 503 g/mol. The summed E-state index contributed by atoms with van der Waals surface area (Å²) in [4.78, 5) is 38.0. The fourth-order valence-electron chi connectivity index (χ4n) is 2.41. The van der Waals surface area contributed by atoms with Crippen LogP contribution in [-0.4, -0.2) is 39.0 Å². The van der Waals surface area contributed by atoms with E-state index in [9.17, 15) is 14.4 Å². The number of carbonyl (C=O) groups excluding carboxylic acids is 3. The van der Waals surface area contributed by atoms with E-state index in [1.54, 1.807) is 37.4 Å². The van der Waals surface area contributed by atoms with Crippen molar-refractivity contribution in [1.82, 2.24) is 0 Å². The van der Waals surface area contributed by atoms with Crippen LogP contribution in [0.4, 0.5) is 0 Å². The molecule has 0 atom stereocenters. The van der Waals surface area contributed by atoms with Crippen molar-refractivity contribution in [3.63, 3.8) is 0 Å². The molecule has 0 unspecified atom stereocenters. The van der Waals surface area contributed by atoms with Crippen molar-refractivity contribution in [3.8, 4) is 0 Å². The zero-order chi connectivity index (χ0) is 23.5. The Labute approximate surface area is 207 Å². The molecule has 0 heterocycles. The van der Waals surface area contributed by atoms with Crippen molar-refractivity contribution in [3.05, 3.63) is 84.0 Å². The van der Waals surface area contributed by atoms with Crippen LogP contribution < -0.4 is 0 Å². The van der Waals surface area contributed by atoms with Crippen molar-refractivity contribution < 1.29 is 14.4 Å². The van der Waals surface area contributed by atoms with E-state index in [4.69, 9.17) is 0 Å². The lowest BCUT2D eigenvalue weighted by molar-refractivity contribution is -0.108. The molecule has 7 heteroatoms. The summed E-state index contributed by atoms with van der Waals surface area (Å²) in [6, 6.07) is 15.1. The third kappa shape index (κ3) is 9.06. The van der Waals surface area contributed by atoms with Crippen LogP contribution >= 0.6 is 47.0 Å². The molecule has 0 fully saturated rings. The van der Waals surface area contributed by atoms with Gasteiger partial charge in [-0.3, -0.25) is 14.4 Å². The van der Waals surface area contributed by atoms with Gasteiger partial charge in [0.15, 0.2) is 5.78 Å². The average Bonchev–Trinajstić information content (AvgIpc) is 2.79. The van der Waals surface area contributed by atoms with Crippen LogP contribution in [0.3, 0.4) is 0 Å². The van der Waals surface area contributed by atoms with Gasteiger partial charge in [0, 0.05) is 43.9 Å². The molecule has 2 rings (SSSR count). The van der Waals surface area contributed by atoms with Crippen LogP contribution in [0.2, 0.25) is 0 Å².